The third-order valence-corrected chi connectivity index (χ3v) is 9.87. The molecule has 266 valence electrons. The summed E-state index contributed by atoms with van der Waals surface area (Å²) in [7, 11) is 0. The van der Waals surface area contributed by atoms with Gasteiger partial charge in [-0.05, 0) is 87.8 Å². The second-order valence-electron chi connectivity index (χ2n) is 14.8. The molecule has 1 aliphatic heterocycles. The molecule has 2 amide bonds. The fraction of sp³-hybridized carbons (Fsp3) is 0.744. The Morgan fingerprint density at radius 3 is 2.04 bits per heavy atom. The van der Waals surface area contributed by atoms with E-state index in [1.807, 2.05) is 20.8 Å². The van der Waals surface area contributed by atoms with E-state index in [4.69, 9.17) is 9.47 Å². The average molecular weight is 657 g/mol. The van der Waals surface area contributed by atoms with Gasteiger partial charge in [0.05, 0.1) is 6.42 Å². The Morgan fingerprint density at radius 2 is 1.40 bits per heavy atom. The molecule has 0 fully saturated rings. The highest BCUT2D eigenvalue weighted by molar-refractivity contribution is 5.83. The lowest BCUT2D eigenvalue weighted by Crippen LogP contribution is -2.37. The molecule has 8 nitrogen and oxygen atoms in total. The van der Waals surface area contributed by atoms with E-state index in [1.165, 1.54) is 44.9 Å². The van der Waals surface area contributed by atoms with Gasteiger partial charge < -0.3 is 24.9 Å². The maximum atomic E-state index is 12.7. The largest absolute Gasteiger partial charge is 0.487 e. The van der Waals surface area contributed by atoms with Crippen LogP contribution in [0.25, 0.3) is 0 Å². The molecule has 8 heteroatoms. The Hall–Kier alpha value is -2.90. The summed E-state index contributed by atoms with van der Waals surface area (Å²) < 4.78 is 12.6. The first-order valence-electron chi connectivity index (χ1n) is 18.3. The molecule has 0 saturated heterocycles. The van der Waals surface area contributed by atoms with Crippen molar-refractivity contribution in [3.05, 3.63) is 22.3 Å². The first-order chi connectivity index (χ1) is 22.3. The molecule has 47 heavy (non-hydrogen) atoms. The van der Waals surface area contributed by atoms with Crippen LogP contribution in [0.1, 0.15) is 147 Å². The quantitative estimate of drug-likeness (QED) is 0.0566. The number of nitrogens with one attached hydrogen (secondary N) is 2. The number of fused-ring (bicyclic) bond motifs is 1. The maximum Gasteiger partial charge on any atom is 0.311 e. The minimum absolute atomic E-state index is 0.0226. The number of hydrogen-bond acceptors (Lipinski definition) is 6. The highest BCUT2D eigenvalue weighted by Crippen LogP contribution is 2.45. The van der Waals surface area contributed by atoms with Crippen LogP contribution in [0.2, 0.25) is 0 Å². The predicted octanol–water partition coefficient (Wildman–Crippen LogP) is 8.03. The second-order valence-corrected chi connectivity index (χ2v) is 14.8. The molecule has 0 saturated carbocycles. The van der Waals surface area contributed by atoms with Crippen LogP contribution in [0.5, 0.6) is 11.5 Å². The summed E-state index contributed by atoms with van der Waals surface area (Å²) in [6.07, 6.45) is 14.3. The van der Waals surface area contributed by atoms with Gasteiger partial charge in [0, 0.05) is 37.9 Å². The van der Waals surface area contributed by atoms with Crippen LogP contribution in [0, 0.1) is 38.5 Å². The smallest absolute Gasteiger partial charge is 0.311 e. The van der Waals surface area contributed by atoms with E-state index in [2.05, 4.69) is 45.3 Å². The molecule has 1 aliphatic rings. The minimum Gasteiger partial charge on any atom is -0.487 e. The molecule has 0 unspecified atom stereocenters. The van der Waals surface area contributed by atoms with Gasteiger partial charge in [-0.1, -0.05) is 72.6 Å². The van der Waals surface area contributed by atoms with Crippen LogP contribution in [-0.2, 0) is 25.6 Å². The normalized spacial score (nSPS) is 17.0. The topological polar surface area (TPSA) is 111 Å². The van der Waals surface area contributed by atoms with Crippen molar-refractivity contribution in [2.24, 2.45) is 17.8 Å². The number of ether oxygens (including phenoxy) is 2. The van der Waals surface area contributed by atoms with E-state index < -0.39 is 5.97 Å². The predicted molar refractivity (Wildman–Crippen MR) is 189 cm³/mol. The highest BCUT2D eigenvalue weighted by atomic mass is 16.5. The SMILES string of the molecule is Cc1c(C)c2c(c(C)c1OC(=O)CCC(=O)NCCC(=O)NCCC=O)CC[C@@](C)(CCC[C@H](C)CCC[C@H](C)CCCC(C)C)O2. The Balaban J connectivity index is 1.81. The van der Waals surface area contributed by atoms with Crippen molar-refractivity contribution in [1.29, 1.82) is 0 Å². The monoisotopic (exact) mass is 656 g/mol. The van der Waals surface area contributed by atoms with E-state index >= 15 is 0 Å². The number of esters is 1. The Labute approximate surface area is 284 Å². The van der Waals surface area contributed by atoms with Crippen LogP contribution in [0.3, 0.4) is 0 Å². The zero-order valence-corrected chi connectivity index (χ0v) is 30.8. The Kier molecular flexibility index (Phi) is 17.5. The van der Waals surface area contributed by atoms with Crippen molar-refractivity contribution in [3.8, 4) is 11.5 Å². The van der Waals surface area contributed by atoms with E-state index in [9.17, 15) is 19.2 Å². The molecule has 0 aromatic heterocycles. The van der Waals surface area contributed by atoms with Gasteiger partial charge in [0.15, 0.2) is 0 Å². The highest BCUT2D eigenvalue weighted by Gasteiger charge is 2.35. The van der Waals surface area contributed by atoms with Gasteiger partial charge in [0.1, 0.15) is 23.4 Å². The van der Waals surface area contributed by atoms with Gasteiger partial charge in [-0.15, -0.1) is 0 Å². The zero-order valence-electron chi connectivity index (χ0n) is 30.8. The van der Waals surface area contributed by atoms with Crippen LogP contribution >= 0.6 is 0 Å². The van der Waals surface area contributed by atoms with E-state index in [-0.39, 0.29) is 56.2 Å². The molecule has 1 heterocycles. The van der Waals surface area contributed by atoms with Gasteiger partial charge >= 0.3 is 5.97 Å². The third-order valence-electron chi connectivity index (χ3n) is 9.87. The molecule has 3 atom stereocenters. The Morgan fingerprint density at radius 1 is 0.809 bits per heavy atom. The number of carbonyl (C=O) groups is 4. The summed E-state index contributed by atoms with van der Waals surface area (Å²) >= 11 is 0. The van der Waals surface area contributed by atoms with E-state index in [0.717, 1.165) is 77.7 Å². The van der Waals surface area contributed by atoms with E-state index in [1.54, 1.807) is 0 Å². The number of hydrogen-bond donors (Lipinski definition) is 2. The first kappa shape index (κ1) is 40.3. The van der Waals surface area contributed by atoms with Crippen molar-refractivity contribution in [2.45, 2.75) is 157 Å². The molecular formula is C39H64N2O6. The fourth-order valence-electron chi connectivity index (χ4n) is 6.56. The molecule has 2 N–H and O–H groups in total. The van der Waals surface area contributed by atoms with Crippen LogP contribution in [0.15, 0.2) is 0 Å². The first-order valence-corrected chi connectivity index (χ1v) is 18.3. The van der Waals surface area contributed by atoms with Crippen LogP contribution in [0.4, 0.5) is 0 Å². The molecule has 0 radical (unpaired) electrons. The summed E-state index contributed by atoms with van der Waals surface area (Å²) in [5.41, 5.74) is 3.71. The molecular weight excluding hydrogens is 592 g/mol. The van der Waals surface area contributed by atoms with Crippen molar-refractivity contribution in [1.82, 2.24) is 10.6 Å². The summed E-state index contributed by atoms with van der Waals surface area (Å²) in [4.78, 5) is 47.0. The molecule has 1 aromatic rings. The van der Waals surface area contributed by atoms with Crippen molar-refractivity contribution in [3.63, 3.8) is 0 Å². The van der Waals surface area contributed by atoms with Crippen LogP contribution < -0.4 is 20.1 Å². The number of benzene rings is 1. The standard InChI is InChI=1S/C39H64N2O6/c1-27(2)13-9-14-28(3)15-10-16-29(4)17-11-22-39(8)23-20-33-32(7)37(30(5)31(6)38(33)47-39)46-36(45)19-18-34(43)41-25-21-35(44)40-24-12-26-42/h26-29H,9-25H2,1-8H3,(H,40,44)(H,41,43)/t28-,29-,39-/m1/s1. The van der Waals surface area contributed by atoms with E-state index in [0.29, 0.717) is 5.75 Å². The van der Waals surface area contributed by atoms with Crippen molar-refractivity contribution < 1.29 is 28.7 Å². The fourth-order valence-corrected chi connectivity index (χ4v) is 6.56. The number of rotatable bonds is 22. The lowest BCUT2D eigenvalue weighted by atomic mass is 9.83. The summed E-state index contributed by atoms with van der Waals surface area (Å²) in [5.74, 6) is 2.86. The summed E-state index contributed by atoms with van der Waals surface area (Å²) in [6.45, 7) is 18.1. The molecule has 0 bridgehead atoms. The second kappa shape index (κ2) is 20.5. The summed E-state index contributed by atoms with van der Waals surface area (Å²) in [5, 5.41) is 5.25. The molecule has 1 aromatic carbocycles. The lowest BCUT2D eigenvalue weighted by molar-refractivity contribution is -0.136. The minimum atomic E-state index is -0.464. The van der Waals surface area contributed by atoms with Crippen molar-refractivity contribution in [2.75, 3.05) is 13.1 Å². The number of amides is 2. The molecule has 0 aliphatic carbocycles. The molecule has 2 rings (SSSR count). The zero-order chi connectivity index (χ0) is 35.0. The number of carbonyl (C=O) groups excluding carboxylic acids is 4. The maximum absolute atomic E-state index is 12.7. The van der Waals surface area contributed by atoms with Gasteiger partial charge in [0.25, 0.3) is 0 Å². The van der Waals surface area contributed by atoms with Gasteiger partial charge in [-0.25, -0.2) is 0 Å². The lowest BCUT2D eigenvalue weighted by Gasteiger charge is -2.38. The van der Waals surface area contributed by atoms with Gasteiger partial charge in [-0.2, -0.15) is 0 Å². The van der Waals surface area contributed by atoms with Gasteiger partial charge in [0.2, 0.25) is 11.8 Å². The van der Waals surface area contributed by atoms with Crippen LogP contribution in [-0.4, -0.2) is 42.8 Å². The van der Waals surface area contributed by atoms with Gasteiger partial charge in [-0.3, -0.25) is 14.4 Å². The third kappa shape index (κ3) is 14.4. The molecule has 0 spiro atoms. The number of aldehydes is 1. The average Bonchev–Trinajstić information content (AvgIpc) is 3.01. The summed E-state index contributed by atoms with van der Waals surface area (Å²) in [6, 6.07) is 0. The Bertz CT molecular complexity index is 1180. The van der Waals surface area contributed by atoms with Crippen molar-refractivity contribution >= 4 is 24.1 Å².